The van der Waals surface area contributed by atoms with Crippen LogP contribution in [0.2, 0.25) is 0 Å². The fourth-order valence-corrected chi connectivity index (χ4v) is 0.932. The van der Waals surface area contributed by atoms with Crippen molar-refractivity contribution < 1.29 is 13.2 Å². The summed E-state index contributed by atoms with van der Waals surface area (Å²) in [6.45, 7) is 0. The molecule has 1 aliphatic carbocycles. The number of alkyl halides is 3. The molecule has 1 nitrogen and oxygen atoms in total. The molecule has 0 aromatic rings. The van der Waals surface area contributed by atoms with E-state index >= 15 is 0 Å². The topological polar surface area (TPSA) is 26.0 Å². The van der Waals surface area contributed by atoms with Gasteiger partial charge in [0.15, 0.2) is 0 Å². The number of halogens is 3. The van der Waals surface area contributed by atoms with Gasteiger partial charge in [-0.15, -0.1) is 0 Å². The molecule has 2 atom stereocenters. The zero-order valence-electron chi connectivity index (χ0n) is 4.78. The average molecular weight is 139 g/mol. The third kappa shape index (κ3) is 1.18. The van der Waals surface area contributed by atoms with E-state index in [2.05, 4.69) is 0 Å². The lowest BCUT2D eigenvalue weighted by Crippen LogP contribution is -2.47. The number of hydrogen-bond donors (Lipinski definition) is 1. The molecular weight excluding hydrogens is 131 g/mol. The first-order chi connectivity index (χ1) is 4.02. The van der Waals surface area contributed by atoms with Gasteiger partial charge in [0.1, 0.15) is 0 Å². The fraction of sp³-hybridized carbons (Fsp3) is 1.00. The van der Waals surface area contributed by atoms with Gasteiger partial charge in [0.05, 0.1) is 5.92 Å². The predicted octanol–water partition coefficient (Wildman–Crippen LogP) is 1.29. The van der Waals surface area contributed by atoms with Crippen LogP contribution in [0, 0.1) is 5.92 Å². The van der Waals surface area contributed by atoms with Gasteiger partial charge in [-0.3, -0.25) is 0 Å². The van der Waals surface area contributed by atoms with E-state index in [0.717, 1.165) is 0 Å². The first-order valence-electron chi connectivity index (χ1n) is 2.84. The maximum atomic E-state index is 11.7. The average Bonchev–Trinajstić information content (AvgIpc) is 1.57. The summed E-state index contributed by atoms with van der Waals surface area (Å²) in [7, 11) is 0. The maximum absolute atomic E-state index is 11.7. The molecule has 0 spiro atoms. The summed E-state index contributed by atoms with van der Waals surface area (Å²) in [4.78, 5) is 0. The normalized spacial score (nSPS) is 36.0. The van der Waals surface area contributed by atoms with Gasteiger partial charge in [0.25, 0.3) is 0 Å². The third-order valence-electron chi connectivity index (χ3n) is 1.75. The van der Waals surface area contributed by atoms with Crippen molar-refractivity contribution in [2.24, 2.45) is 11.7 Å². The summed E-state index contributed by atoms with van der Waals surface area (Å²) in [5, 5.41) is 0. The van der Waals surface area contributed by atoms with Crippen molar-refractivity contribution in [2.45, 2.75) is 25.1 Å². The van der Waals surface area contributed by atoms with Crippen LogP contribution < -0.4 is 5.73 Å². The Balaban J connectivity index is 2.44. The summed E-state index contributed by atoms with van der Waals surface area (Å²) in [6, 6.07) is -0.634. The molecule has 4 heteroatoms. The Morgan fingerprint density at radius 3 is 1.78 bits per heavy atom. The van der Waals surface area contributed by atoms with E-state index < -0.39 is 18.1 Å². The van der Waals surface area contributed by atoms with E-state index in [-0.39, 0.29) is 6.42 Å². The van der Waals surface area contributed by atoms with Gasteiger partial charge < -0.3 is 5.73 Å². The van der Waals surface area contributed by atoms with E-state index in [9.17, 15) is 13.2 Å². The van der Waals surface area contributed by atoms with E-state index in [1.807, 2.05) is 0 Å². The van der Waals surface area contributed by atoms with Crippen LogP contribution in [0.15, 0.2) is 0 Å². The number of nitrogens with two attached hydrogens (primary N) is 1. The molecule has 1 rings (SSSR count). The standard InChI is InChI=1S/C5H8F3N/c6-5(7,8)3-1-2-4(3)9/h3-4H,1-2,9H2. The van der Waals surface area contributed by atoms with Crippen molar-refractivity contribution in [1.82, 2.24) is 0 Å². The minimum absolute atomic E-state index is 0.213. The molecule has 0 radical (unpaired) electrons. The van der Waals surface area contributed by atoms with Crippen molar-refractivity contribution in [2.75, 3.05) is 0 Å². The summed E-state index contributed by atoms with van der Waals surface area (Å²) in [5.74, 6) is -1.22. The molecule has 1 fully saturated rings. The van der Waals surface area contributed by atoms with Crippen LogP contribution in [0.3, 0.4) is 0 Å². The van der Waals surface area contributed by atoms with Crippen LogP contribution in [-0.4, -0.2) is 12.2 Å². The van der Waals surface area contributed by atoms with Gasteiger partial charge in [-0.2, -0.15) is 13.2 Å². The highest BCUT2D eigenvalue weighted by atomic mass is 19.4. The third-order valence-corrected chi connectivity index (χ3v) is 1.75. The Morgan fingerprint density at radius 1 is 1.22 bits per heavy atom. The minimum Gasteiger partial charge on any atom is -0.327 e. The van der Waals surface area contributed by atoms with Crippen molar-refractivity contribution in [3.8, 4) is 0 Å². The molecule has 0 aromatic carbocycles. The Labute approximate surface area is 51.0 Å². The Hall–Kier alpha value is -0.250. The zero-order chi connectivity index (χ0) is 7.07. The van der Waals surface area contributed by atoms with Gasteiger partial charge in [0, 0.05) is 6.04 Å². The van der Waals surface area contributed by atoms with Gasteiger partial charge in [0.2, 0.25) is 0 Å². The summed E-state index contributed by atoms with van der Waals surface area (Å²) >= 11 is 0. The Kier molecular flexibility index (Phi) is 1.42. The minimum atomic E-state index is -4.06. The molecule has 2 unspecified atom stereocenters. The van der Waals surface area contributed by atoms with E-state index in [0.29, 0.717) is 6.42 Å². The molecule has 0 saturated heterocycles. The monoisotopic (exact) mass is 139 g/mol. The molecule has 1 saturated carbocycles. The smallest absolute Gasteiger partial charge is 0.327 e. The molecule has 0 aliphatic heterocycles. The van der Waals surface area contributed by atoms with E-state index in [1.54, 1.807) is 0 Å². The zero-order valence-corrected chi connectivity index (χ0v) is 4.78. The van der Waals surface area contributed by atoms with Gasteiger partial charge >= 0.3 is 6.18 Å². The number of rotatable bonds is 0. The van der Waals surface area contributed by atoms with Crippen LogP contribution in [0.5, 0.6) is 0 Å². The molecule has 0 amide bonds. The molecule has 0 bridgehead atoms. The summed E-state index contributed by atoms with van der Waals surface area (Å²) < 4.78 is 35.0. The molecule has 1 aliphatic rings. The first-order valence-corrected chi connectivity index (χ1v) is 2.84. The number of hydrogen-bond acceptors (Lipinski definition) is 1. The van der Waals surface area contributed by atoms with Gasteiger partial charge in [-0.05, 0) is 12.8 Å². The Morgan fingerprint density at radius 2 is 1.78 bits per heavy atom. The molecule has 0 heterocycles. The highest BCUT2D eigenvalue weighted by Gasteiger charge is 2.48. The van der Waals surface area contributed by atoms with Crippen LogP contribution in [0.4, 0.5) is 13.2 Å². The second-order valence-corrected chi connectivity index (χ2v) is 2.39. The molecular formula is C5H8F3N. The molecule has 2 N–H and O–H groups in total. The SMILES string of the molecule is NC1CCC1C(F)(F)F. The van der Waals surface area contributed by atoms with E-state index in [4.69, 9.17) is 5.73 Å². The van der Waals surface area contributed by atoms with E-state index in [1.165, 1.54) is 0 Å². The molecule has 9 heavy (non-hydrogen) atoms. The lowest BCUT2D eigenvalue weighted by Gasteiger charge is -2.34. The van der Waals surface area contributed by atoms with Crippen molar-refractivity contribution >= 4 is 0 Å². The summed E-state index contributed by atoms with van der Waals surface area (Å²) in [6.07, 6.45) is -3.33. The van der Waals surface area contributed by atoms with Crippen molar-refractivity contribution in [3.63, 3.8) is 0 Å². The fourth-order valence-electron chi connectivity index (χ4n) is 0.932. The molecule has 54 valence electrons. The van der Waals surface area contributed by atoms with Crippen LogP contribution in [0.1, 0.15) is 12.8 Å². The quantitative estimate of drug-likeness (QED) is 0.537. The summed E-state index contributed by atoms with van der Waals surface area (Å²) in [5.41, 5.74) is 5.09. The largest absolute Gasteiger partial charge is 0.393 e. The van der Waals surface area contributed by atoms with Crippen LogP contribution in [0.25, 0.3) is 0 Å². The van der Waals surface area contributed by atoms with Crippen LogP contribution >= 0.6 is 0 Å². The van der Waals surface area contributed by atoms with Gasteiger partial charge in [-0.25, -0.2) is 0 Å². The van der Waals surface area contributed by atoms with Crippen molar-refractivity contribution in [1.29, 1.82) is 0 Å². The highest BCUT2D eigenvalue weighted by Crippen LogP contribution is 2.39. The first kappa shape index (κ1) is 6.86. The van der Waals surface area contributed by atoms with Gasteiger partial charge in [-0.1, -0.05) is 0 Å². The second-order valence-electron chi connectivity index (χ2n) is 2.39. The lowest BCUT2D eigenvalue weighted by molar-refractivity contribution is -0.199. The second kappa shape index (κ2) is 1.87. The predicted molar refractivity (Wildman–Crippen MR) is 26.8 cm³/mol. The molecule has 0 aromatic heterocycles. The highest BCUT2D eigenvalue weighted by molar-refractivity contribution is 4.88. The lowest BCUT2D eigenvalue weighted by atomic mass is 9.80. The van der Waals surface area contributed by atoms with Crippen LogP contribution in [-0.2, 0) is 0 Å². The Bertz CT molecular complexity index is 109. The van der Waals surface area contributed by atoms with Crippen molar-refractivity contribution in [3.05, 3.63) is 0 Å². The maximum Gasteiger partial charge on any atom is 0.393 e.